The Hall–Kier alpha value is -1.61. The van der Waals surface area contributed by atoms with Crippen LogP contribution in [0.15, 0.2) is 52.4 Å². The van der Waals surface area contributed by atoms with E-state index in [9.17, 15) is 4.79 Å². The van der Waals surface area contributed by atoms with E-state index in [0.717, 1.165) is 4.90 Å². The van der Waals surface area contributed by atoms with E-state index in [4.69, 9.17) is 0 Å². The molecule has 1 aromatic heterocycles. The van der Waals surface area contributed by atoms with Crippen LogP contribution in [0.4, 0.5) is 0 Å². The van der Waals surface area contributed by atoms with Gasteiger partial charge in [-0.05, 0) is 31.2 Å². The predicted octanol–water partition coefficient (Wildman–Crippen LogP) is 4.13. The van der Waals surface area contributed by atoms with E-state index in [1.54, 1.807) is 24.0 Å². The molecule has 0 unspecified atom stereocenters. The summed E-state index contributed by atoms with van der Waals surface area (Å²) in [6, 6.07) is 12.1. The predicted molar refractivity (Wildman–Crippen MR) is 74.2 cm³/mol. The third kappa shape index (κ3) is 3.20. The van der Waals surface area contributed by atoms with Gasteiger partial charge in [-0.1, -0.05) is 36.4 Å². The van der Waals surface area contributed by atoms with Gasteiger partial charge in [0.1, 0.15) is 5.69 Å². The maximum absolute atomic E-state index is 11.5. The Kier molecular flexibility index (Phi) is 4.15. The fourth-order valence-corrected chi connectivity index (χ4v) is 2.51. The van der Waals surface area contributed by atoms with Crippen molar-refractivity contribution in [1.82, 2.24) is 4.98 Å². The zero-order valence-corrected chi connectivity index (χ0v) is 11.3. The highest BCUT2D eigenvalue weighted by atomic mass is 32.2. The van der Waals surface area contributed by atoms with Gasteiger partial charge >= 0.3 is 0 Å². The molecule has 0 bridgehead atoms. The second kappa shape index (κ2) is 5.83. The van der Waals surface area contributed by atoms with Crippen molar-refractivity contribution in [3.05, 3.63) is 53.9 Å². The minimum Gasteiger partial charge on any atom is -0.292 e. The molecule has 0 amide bonds. The number of hydrogen-bond acceptors (Lipinski definition) is 3. The smallest absolute Gasteiger partial charge is 0.180 e. The van der Waals surface area contributed by atoms with E-state index in [2.05, 4.69) is 30.1 Å². The van der Waals surface area contributed by atoms with Gasteiger partial charge < -0.3 is 0 Å². The van der Waals surface area contributed by atoms with Gasteiger partial charge in [-0.3, -0.25) is 9.78 Å². The quantitative estimate of drug-likeness (QED) is 0.771. The Morgan fingerprint density at radius 3 is 2.67 bits per heavy atom. The van der Waals surface area contributed by atoms with Gasteiger partial charge in [0.05, 0.1) is 0 Å². The van der Waals surface area contributed by atoms with Gasteiger partial charge in [0.15, 0.2) is 5.78 Å². The standard InChI is InChI=1S/C15H15NOS/c1-3-15(17)14-8-7-13(10-16-14)18-12-6-4-5-11(2)9-12/h4-10H,3H2,1-2H3. The van der Waals surface area contributed by atoms with Crippen LogP contribution in [0.3, 0.4) is 0 Å². The number of ketones is 1. The molecule has 92 valence electrons. The molecule has 1 heterocycles. The van der Waals surface area contributed by atoms with Gasteiger partial charge in [0, 0.05) is 22.4 Å². The summed E-state index contributed by atoms with van der Waals surface area (Å²) in [5, 5.41) is 0. The molecule has 0 atom stereocenters. The highest BCUT2D eigenvalue weighted by Gasteiger charge is 2.04. The Labute approximate surface area is 111 Å². The van der Waals surface area contributed by atoms with Crippen molar-refractivity contribution < 1.29 is 4.79 Å². The number of pyridine rings is 1. The largest absolute Gasteiger partial charge is 0.292 e. The minimum absolute atomic E-state index is 0.0853. The van der Waals surface area contributed by atoms with E-state index >= 15 is 0 Å². The van der Waals surface area contributed by atoms with Crippen LogP contribution in [-0.2, 0) is 0 Å². The monoisotopic (exact) mass is 257 g/mol. The molecular formula is C15H15NOS. The SMILES string of the molecule is CCC(=O)c1ccc(Sc2cccc(C)c2)cn1. The highest BCUT2D eigenvalue weighted by molar-refractivity contribution is 7.99. The zero-order valence-electron chi connectivity index (χ0n) is 10.5. The van der Waals surface area contributed by atoms with Crippen LogP contribution in [-0.4, -0.2) is 10.8 Å². The van der Waals surface area contributed by atoms with Crippen molar-refractivity contribution >= 4 is 17.5 Å². The van der Waals surface area contributed by atoms with Crippen LogP contribution in [0, 0.1) is 6.92 Å². The number of hydrogen-bond donors (Lipinski definition) is 0. The van der Waals surface area contributed by atoms with E-state index < -0.39 is 0 Å². The fourth-order valence-electron chi connectivity index (χ4n) is 1.60. The molecule has 0 aliphatic carbocycles. The van der Waals surface area contributed by atoms with Crippen LogP contribution in [0.25, 0.3) is 0 Å². The second-order valence-electron chi connectivity index (χ2n) is 4.07. The Balaban J connectivity index is 2.13. The zero-order chi connectivity index (χ0) is 13.0. The van der Waals surface area contributed by atoms with Crippen LogP contribution in [0.5, 0.6) is 0 Å². The maximum atomic E-state index is 11.5. The summed E-state index contributed by atoms with van der Waals surface area (Å²) in [6.45, 7) is 3.92. The normalized spacial score (nSPS) is 10.3. The number of Topliss-reactive ketones (excluding diaryl/α,β-unsaturated/α-hetero) is 1. The van der Waals surface area contributed by atoms with Gasteiger partial charge in [-0.15, -0.1) is 0 Å². The van der Waals surface area contributed by atoms with Gasteiger partial charge in [-0.2, -0.15) is 0 Å². The number of benzene rings is 1. The molecular weight excluding hydrogens is 242 g/mol. The first-order chi connectivity index (χ1) is 8.69. The second-order valence-corrected chi connectivity index (χ2v) is 5.22. The number of rotatable bonds is 4. The first-order valence-corrected chi connectivity index (χ1v) is 6.74. The molecule has 1 aromatic carbocycles. The number of aromatic nitrogens is 1. The lowest BCUT2D eigenvalue weighted by Gasteiger charge is -2.03. The van der Waals surface area contributed by atoms with Crippen molar-refractivity contribution in [2.45, 2.75) is 30.1 Å². The number of nitrogens with zero attached hydrogens (tertiary/aromatic N) is 1. The summed E-state index contributed by atoms with van der Waals surface area (Å²) in [7, 11) is 0. The summed E-state index contributed by atoms with van der Waals surface area (Å²) in [4.78, 5) is 17.9. The molecule has 0 aliphatic rings. The molecule has 3 heteroatoms. The van der Waals surface area contributed by atoms with Crippen molar-refractivity contribution in [1.29, 1.82) is 0 Å². The molecule has 0 spiro atoms. The lowest BCUT2D eigenvalue weighted by atomic mass is 10.2. The molecule has 0 saturated carbocycles. The summed E-state index contributed by atoms with van der Waals surface area (Å²) in [5.74, 6) is 0.0853. The van der Waals surface area contributed by atoms with Crippen LogP contribution >= 0.6 is 11.8 Å². The summed E-state index contributed by atoms with van der Waals surface area (Å²) >= 11 is 1.66. The van der Waals surface area contributed by atoms with Crippen LogP contribution in [0.1, 0.15) is 29.4 Å². The molecule has 2 nitrogen and oxygen atoms in total. The fraction of sp³-hybridized carbons (Fsp3) is 0.200. The van der Waals surface area contributed by atoms with Crippen LogP contribution < -0.4 is 0 Å². The van der Waals surface area contributed by atoms with Crippen molar-refractivity contribution in [2.75, 3.05) is 0 Å². The molecule has 18 heavy (non-hydrogen) atoms. The average molecular weight is 257 g/mol. The van der Waals surface area contributed by atoms with Gasteiger partial charge in [0.2, 0.25) is 0 Å². The first-order valence-electron chi connectivity index (χ1n) is 5.93. The van der Waals surface area contributed by atoms with Gasteiger partial charge in [0.25, 0.3) is 0 Å². The average Bonchev–Trinajstić information content (AvgIpc) is 2.39. The molecule has 0 N–H and O–H groups in total. The summed E-state index contributed by atoms with van der Waals surface area (Å²) < 4.78 is 0. The molecule has 2 aromatic rings. The molecule has 0 saturated heterocycles. The molecule has 0 fully saturated rings. The summed E-state index contributed by atoms with van der Waals surface area (Å²) in [6.07, 6.45) is 2.26. The third-order valence-electron chi connectivity index (χ3n) is 2.57. The first kappa shape index (κ1) is 12.8. The lowest BCUT2D eigenvalue weighted by Crippen LogP contribution is -1.99. The Morgan fingerprint density at radius 1 is 1.22 bits per heavy atom. The van der Waals surface area contributed by atoms with E-state index in [1.165, 1.54) is 10.5 Å². The maximum Gasteiger partial charge on any atom is 0.180 e. The van der Waals surface area contributed by atoms with Gasteiger partial charge in [-0.25, -0.2) is 0 Å². The number of carbonyl (C=O) groups is 1. The van der Waals surface area contributed by atoms with Crippen molar-refractivity contribution in [3.63, 3.8) is 0 Å². The number of carbonyl (C=O) groups excluding carboxylic acids is 1. The van der Waals surface area contributed by atoms with E-state index in [-0.39, 0.29) is 5.78 Å². The van der Waals surface area contributed by atoms with E-state index in [1.807, 2.05) is 19.1 Å². The minimum atomic E-state index is 0.0853. The third-order valence-corrected chi connectivity index (χ3v) is 3.54. The van der Waals surface area contributed by atoms with Crippen molar-refractivity contribution in [2.24, 2.45) is 0 Å². The number of aryl methyl sites for hydroxylation is 1. The lowest BCUT2D eigenvalue weighted by molar-refractivity contribution is 0.0983. The van der Waals surface area contributed by atoms with E-state index in [0.29, 0.717) is 12.1 Å². The molecule has 0 aliphatic heterocycles. The Morgan fingerprint density at radius 2 is 2.06 bits per heavy atom. The molecule has 0 radical (unpaired) electrons. The van der Waals surface area contributed by atoms with Crippen LogP contribution in [0.2, 0.25) is 0 Å². The summed E-state index contributed by atoms with van der Waals surface area (Å²) in [5.41, 5.74) is 1.79. The Bertz CT molecular complexity index is 549. The highest BCUT2D eigenvalue weighted by Crippen LogP contribution is 2.27. The topological polar surface area (TPSA) is 30.0 Å². The van der Waals surface area contributed by atoms with Crippen molar-refractivity contribution in [3.8, 4) is 0 Å². The molecule has 2 rings (SSSR count).